The molecule has 0 amide bonds. The van der Waals surface area contributed by atoms with Crippen LogP contribution >= 0.6 is 23.2 Å². The van der Waals surface area contributed by atoms with Crippen molar-refractivity contribution < 1.29 is 0 Å². The van der Waals surface area contributed by atoms with Crippen molar-refractivity contribution in [3.63, 3.8) is 0 Å². The molecule has 1 aromatic heterocycles. The van der Waals surface area contributed by atoms with Crippen LogP contribution in [0.25, 0.3) is 0 Å². The Morgan fingerprint density at radius 2 is 2.00 bits per heavy atom. The molecule has 0 saturated heterocycles. The number of aryl methyl sites for hydroxylation is 3. The maximum absolute atomic E-state index is 6.42. The van der Waals surface area contributed by atoms with E-state index in [1.807, 2.05) is 27.0 Å². The van der Waals surface area contributed by atoms with Gasteiger partial charge in [-0.2, -0.15) is 5.10 Å². The van der Waals surface area contributed by atoms with Gasteiger partial charge in [0.2, 0.25) is 0 Å². The second-order valence-electron chi connectivity index (χ2n) is 5.32. The monoisotopic (exact) mass is 325 g/mol. The summed E-state index contributed by atoms with van der Waals surface area (Å²) in [6.07, 6.45) is 0.773. The van der Waals surface area contributed by atoms with Crippen LogP contribution in [0.2, 0.25) is 10.2 Å². The van der Waals surface area contributed by atoms with Crippen molar-refractivity contribution in [3.8, 4) is 0 Å². The Kier molecular flexibility index (Phi) is 5.31. The fourth-order valence-corrected chi connectivity index (χ4v) is 3.18. The van der Waals surface area contributed by atoms with E-state index in [1.54, 1.807) is 4.68 Å². The topological polar surface area (TPSA) is 29.9 Å². The number of halogens is 2. The van der Waals surface area contributed by atoms with Crippen molar-refractivity contribution >= 4 is 23.2 Å². The predicted octanol–water partition coefficient (Wildman–Crippen LogP) is 4.24. The van der Waals surface area contributed by atoms with Crippen LogP contribution in [0.15, 0.2) is 18.2 Å². The fourth-order valence-electron chi connectivity index (χ4n) is 2.56. The second kappa shape index (κ2) is 6.82. The Labute approximate surface area is 136 Å². The molecular weight excluding hydrogens is 305 g/mol. The molecule has 0 fully saturated rings. The highest BCUT2D eigenvalue weighted by atomic mass is 35.5. The quantitative estimate of drug-likeness (QED) is 0.891. The zero-order valence-corrected chi connectivity index (χ0v) is 14.4. The molecule has 0 bridgehead atoms. The van der Waals surface area contributed by atoms with Crippen molar-refractivity contribution in [2.75, 3.05) is 6.54 Å². The van der Waals surface area contributed by atoms with E-state index in [4.69, 9.17) is 23.2 Å². The lowest BCUT2D eigenvalue weighted by Crippen LogP contribution is -2.23. The van der Waals surface area contributed by atoms with Crippen molar-refractivity contribution in [1.82, 2.24) is 15.1 Å². The van der Waals surface area contributed by atoms with Crippen LogP contribution in [-0.4, -0.2) is 16.3 Å². The van der Waals surface area contributed by atoms with Crippen molar-refractivity contribution in [1.29, 1.82) is 0 Å². The highest BCUT2D eigenvalue weighted by molar-refractivity contribution is 6.31. The van der Waals surface area contributed by atoms with Crippen LogP contribution in [-0.2, 0) is 13.5 Å². The van der Waals surface area contributed by atoms with Crippen LogP contribution in [0.5, 0.6) is 0 Å². The minimum Gasteiger partial charge on any atom is -0.310 e. The second-order valence-corrected chi connectivity index (χ2v) is 6.08. The van der Waals surface area contributed by atoms with E-state index >= 15 is 0 Å². The van der Waals surface area contributed by atoms with E-state index in [2.05, 4.69) is 29.5 Å². The molecule has 0 aliphatic heterocycles. The van der Waals surface area contributed by atoms with Crippen molar-refractivity contribution in [2.24, 2.45) is 7.05 Å². The smallest absolute Gasteiger partial charge is 0.130 e. The van der Waals surface area contributed by atoms with E-state index in [0.717, 1.165) is 40.4 Å². The molecule has 1 unspecified atom stereocenters. The van der Waals surface area contributed by atoms with Gasteiger partial charge in [-0.15, -0.1) is 0 Å². The summed E-state index contributed by atoms with van der Waals surface area (Å²) < 4.78 is 1.71. The highest BCUT2D eigenvalue weighted by Crippen LogP contribution is 2.30. The normalized spacial score (nSPS) is 12.7. The van der Waals surface area contributed by atoms with Crippen molar-refractivity contribution in [2.45, 2.75) is 33.2 Å². The Morgan fingerprint density at radius 1 is 1.29 bits per heavy atom. The van der Waals surface area contributed by atoms with Gasteiger partial charge in [0.15, 0.2) is 0 Å². The molecule has 0 aliphatic rings. The van der Waals surface area contributed by atoms with Gasteiger partial charge >= 0.3 is 0 Å². The predicted molar refractivity (Wildman–Crippen MR) is 89.3 cm³/mol. The first-order valence-electron chi connectivity index (χ1n) is 7.11. The molecule has 1 aromatic carbocycles. The summed E-state index contributed by atoms with van der Waals surface area (Å²) in [6.45, 7) is 6.99. The molecule has 0 spiro atoms. The molecule has 1 atom stereocenters. The number of aromatic nitrogens is 2. The maximum atomic E-state index is 6.42. The molecule has 1 N–H and O–H groups in total. The zero-order chi connectivity index (χ0) is 15.6. The molecule has 0 saturated carbocycles. The van der Waals surface area contributed by atoms with E-state index < -0.39 is 0 Å². The van der Waals surface area contributed by atoms with Gasteiger partial charge in [-0.25, -0.2) is 0 Å². The SMILES string of the molecule is CCNC(Cc1c(C)nn(C)c1Cl)c1ccc(C)cc1Cl. The Hall–Kier alpha value is -1.03. The third-order valence-corrected chi connectivity index (χ3v) is 4.46. The summed E-state index contributed by atoms with van der Waals surface area (Å²) in [6, 6.07) is 6.30. The Bertz CT molecular complexity index is 635. The largest absolute Gasteiger partial charge is 0.310 e. The lowest BCUT2D eigenvalue weighted by Gasteiger charge is -2.20. The molecule has 5 heteroatoms. The average Bonchev–Trinajstić information content (AvgIpc) is 2.65. The van der Waals surface area contributed by atoms with E-state index in [1.165, 1.54) is 0 Å². The van der Waals surface area contributed by atoms with Gasteiger partial charge in [0.1, 0.15) is 5.15 Å². The maximum Gasteiger partial charge on any atom is 0.130 e. The van der Waals surface area contributed by atoms with Gasteiger partial charge < -0.3 is 5.32 Å². The minimum absolute atomic E-state index is 0.128. The molecule has 114 valence electrons. The minimum atomic E-state index is 0.128. The molecule has 0 aliphatic carbocycles. The average molecular weight is 326 g/mol. The van der Waals surface area contributed by atoms with Crippen LogP contribution in [0.1, 0.15) is 35.3 Å². The van der Waals surface area contributed by atoms with Gasteiger partial charge in [0.25, 0.3) is 0 Å². The van der Waals surface area contributed by atoms with E-state index in [-0.39, 0.29) is 6.04 Å². The molecular formula is C16H21Cl2N3. The highest BCUT2D eigenvalue weighted by Gasteiger charge is 2.19. The summed E-state index contributed by atoms with van der Waals surface area (Å²) in [5, 5.41) is 9.35. The summed E-state index contributed by atoms with van der Waals surface area (Å²) in [4.78, 5) is 0. The summed E-state index contributed by atoms with van der Waals surface area (Å²) in [5.41, 5.74) is 4.30. The number of hydrogen-bond acceptors (Lipinski definition) is 2. The van der Waals surface area contributed by atoms with Crippen LogP contribution in [0.3, 0.4) is 0 Å². The lowest BCUT2D eigenvalue weighted by molar-refractivity contribution is 0.549. The van der Waals surface area contributed by atoms with Crippen LogP contribution < -0.4 is 5.32 Å². The van der Waals surface area contributed by atoms with Crippen molar-refractivity contribution in [3.05, 3.63) is 50.8 Å². The van der Waals surface area contributed by atoms with Gasteiger partial charge in [-0.1, -0.05) is 42.3 Å². The van der Waals surface area contributed by atoms with Gasteiger partial charge in [-0.05, 0) is 44.0 Å². The van der Waals surface area contributed by atoms with Crippen LogP contribution in [0.4, 0.5) is 0 Å². The number of benzene rings is 1. The van der Waals surface area contributed by atoms with Crippen LogP contribution in [0, 0.1) is 13.8 Å². The molecule has 1 heterocycles. The summed E-state index contributed by atoms with van der Waals surface area (Å²) in [5.74, 6) is 0. The zero-order valence-electron chi connectivity index (χ0n) is 12.9. The number of likely N-dealkylation sites (N-methyl/N-ethyl adjacent to an activating group) is 1. The molecule has 2 aromatic rings. The third kappa shape index (κ3) is 3.60. The first-order chi connectivity index (χ1) is 9.93. The Balaban J connectivity index is 2.35. The molecule has 21 heavy (non-hydrogen) atoms. The number of hydrogen-bond donors (Lipinski definition) is 1. The van der Waals surface area contributed by atoms with Gasteiger partial charge in [0.05, 0.1) is 5.69 Å². The van der Waals surface area contributed by atoms with Gasteiger partial charge in [0, 0.05) is 23.7 Å². The molecule has 2 rings (SSSR count). The number of nitrogens with zero attached hydrogens (tertiary/aromatic N) is 2. The lowest BCUT2D eigenvalue weighted by atomic mass is 9.98. The summed E-state index contributed by atoms with van der Waals surface area (Å²) in [7, 11) is 1.86. The fraction of sp³-hybridized carbons (Fsp3) is 0.438. The Morgan fingerprint density at radius 3 is 2.52 bits per heavy atom. The number of nitrogens with one attached hydrogen (secondary N) is 1. The molecule has 0 radical (unpaired) electrons. The molecule has 3 nitrogen and oxygen atoms in total. The third-order valence-electron chi connectivity index (χ3n) is 3.66. The first kappa shape index (κ1) is 16.3. The first-order valence-corrected chi connectivity index (χ1v) is 7.87. The van der Waals surface area contributed by atoms with Gasteiger partial charge in [-0.3, -0.25) is 4.68 Å². The standard InChI is InChI=1S/C16H21Cl2N3/c1-5-19-15(12-7-6-10(2)8-14(12)17)9-13-11(3)20-21(4)16(13)18/h6-8,15,19H,5,9H2,1-4H3. The summed E-state index contributed by atoms with van der Waals surface area (Å²) >= 11 is 12.8. The van der Waals surface area contributed by atoms with E-state index in [0.29, 0.717) is 5.15 Å². The number of rotatable bonds is 5. The van der Waals surface area contributed by atoms with E-state index in [9.17, 15) is 0 Å².